The highest BCUT2D eigenvalue weighted by Crippen LogP contribution is 2.44. The van der Waals surface area contributed by atoms with Crippen LogP contribution in [-0.2, 0) is 4.74 Å². The molecule has 2 aromatic carbocycles. The van der Waals surface area contributed by atoms with Crippen LogP contribution in [0.3, 0.4) is 0 Å². The summed E-state index contributed by atoms with van der Waals surface area (Å²) in [7, 11) is -0.806. The van der Waals surface area contributed by atoms with Crippen molar-refractivity contribution in [3.8, 4) is 34.5 Å². The number of benzene rings is 2. The van der Waals surface area contributed by atoms with E-state index in [2.05, 4.69) is 58.0 Å². The zero-order chi connectivity index (χ0) is 40.8. The van der Waals surface area contributed by atoms with Crippen LogP contribution in [0.4, 0.5) is 19.4 Å². The molecule has 2 unspecified atom stereocenters. The van der Waals surface area contributed by atoms with Gasteiger partial charge in [-0.1, -0.05) is 60.0 Å². The zero-order valence-corrected chi connectivity index (χ0v) is 34.9. The predicted molar refractivity (Wildman–Crippen MR) is 218 cm³/mol. The molecule has 2 aromatic heterocycles. The maximum Gasteiger partial charge on any atom is 0.407 e. The van der Waals surface area contributed by atoms with Crippen molar-refractivity contribution in [2.24, 2.45) is 5.41 Å². The minimum Gasteiger partial charge on any atom is -0.468 e. The van der Waals surface area contributed by atoms with Crippen molar-refractivity contribution in [1.29, 1.82) is 0 Å². The number of hydrogen-bond acceptors (Lipinski definition) is 9. The number of carbonyl (C=O) groups is 1. The molecule has 3 aliphatic rings. The lowest BCUT2D eigenvalue weighted by Crippen LogP contribution is -2.55. The van der Waals surface area contributed by atoms with Crippen LogP contribution in [0.5, 0.6) is 11.8 Å². The number of ether oxygens (including phenoxy) is 3. The number of amides is 1. The fraction of sp³-hybridized carbons (Fsp3) is 0.535. The minimum absolute atomic E-state index is 0.0501. The first-order valence-electron chi connectivity index (χ1n) is 20.0. The van der Waals surface area contributed by atoms with Gasteiger partial charge in [-0.25, -0.2) is 13.6 Å². The Morgan fingerprint density at radius 3 is 2.28 bits per heavy atom. The van der Waals surface area contributed by atoms with Crippen molar-refractivity contribution in [2.45, 2.75) is 102 Å². The molecule has 2 saturated heterocycles. The van der Waals surface area contributed by atoms with Gasteiger partial charge in [0.1, 0.15) is 36.7 Å². The van der Waals surface area contributed by atoms with E-state index >= 15 is 8.78 Å². The van der Waals surface area contributed by atoms with Gasteiger partial charge in [-0.3, -0.25) is 9.88 Å². The van der Waals surface area contributed by atoms with Crippen molar-refractivity contribution in [1.82, 2.24) is 19.9 Å². The number of halogens is 2. The number of anilines is 1. The van der Waals surface area contributed by atoms with Crippen LogP contribution in [0.1, 0.15) is 79.2 Å². The van der Waals surface area contributed by atoms with Crippen LogP contribution in [0, 0.1) is 28.5 Å². The van der Waals surface area contributed by atoms with Gasteiger partial charge in [0.2, 0.25) is 0 Å². The second-order valence-electron chi connectivity index (χ2n) is 17.0. The third-order valence-corrected chi connectivity index (χ3v) is 19.1. The number of aliphatic hydroxyl groups excluding tert-OH is 1. The lowest BCUT2D eigenvalue weighted by molar-refractivity contribution is -0.00264. The number of hydrogen-bond donors (Lipinski definition) is 2. The van der Waals surface area contributed by atoms with Gasteiger partial charge < -0.3 is 29.3 Å². The Bertz CT molecular complexity index is 2200. The van der Waals surface area contributed by atoms with Crippen molar-refractivity contribution >= 4 is 41.7 Å². The SMILES string of the molecule is COCOc1cc(-c2ncc3c(N4CC5CCC(C4)N5C(=O)O)nc(OCC4(CO)CCC4)nc3c2F)c2c(C#C[Si](C(C)C)(C(C)C)C(C)C)c(F)ccc2c1. The number of aromatic nitrogens is 3. The summed E-state index contributed by atoms with van der Waals surface area (Å²) in [5.74, 6) is 2.78. The topological polar surface area (TPSA) is 130 Å². The van der Waals surface area contributed by atoms with Gasteiger partial charge in [0.15, 0.2) is 12.6 Å². The van der Waals surface area contributed by atoms with Crippen LogP contribution < -0.4 is 14.4 Å². The fourth-order valence-corrected chi connectivity index (χ4v) is 14.9. The summed E-state index contributed by atoms with van der Waals surface area (Å²) in [5, 5.41) is 21.4. The molecule has 0 spiro atoms. The molecule has 14 heteroatoms. The maximum absolute atomic E-state index is 17.5. The van der Waals surface area contributed by atoms with E-state index in [1.165, 1.54) is 24.3 Å². The largest absolute Gasteiger partial charge is 0.468 e. The first-order chi connectivity index (χ1) is 27.2. The van der Waals surface area contributed by atoms with Gasteiger partial charge in [0.05, 0.1) is 36.2 Å². The average Bonchev–Trinajstić information content (AvgIpc) is 3.43. The molecule has 4 aromatic rings. The molecule has 0 radical (unpaired) electrons. The average molecular weight is 802 g/mol. The number of fused-ring (bicyclic) bond motifs is 4. The van der Waals surface area contributed by atoms with E-state index in [-0.39, 0.29) is 60.4 Å². The molecule has 2 N–H and O–H groups in total. The maximum atomic E-state index is 17.5. The quantitative estimate of drug-likeness (QED) is 0.0817. The number of pyridine rings is 1. The van der Waals surface area contributed by atoms with E-state index in [4.69, 9.17) is 24.2 Å². The van der Waals surface area contributed by atoms with Gasteiger partial charge in [0.25, 0.3) is 0 Å². The third kappa shape index (κ3) is 7.27. The predicted octanol–water partition coefficient (Wildman–Crippen LogP) is 8.55. The summed E-state index contributed by atoms with van der Waals surface area (Å²) in [6, 6.07) is 5.84. The Morgan fingerprint density at radius 1 is 1.02 bits per heavy atom. The highest BCUT2D eigenvalue weighted by Gasteiger charge is 2.44. The highest BCUT2D eigenvalue weighted by molar-refractivity contribution is 6.90. The van der Waals surface area contributed by atoms with Crippen LogP contribution >= 0.6 is 0 Å². The molecule has 304 valence electrons. The molecule has 2 atom stereocenters. The molecular weight excluding hydrogens is 749 g/mol. The van der Waals surface area contributed by atoms with Crippen LogP contribution in [0.25, 0.3) is 32.9 Å². The first-order valence-corrected chi connectivity index (χ1v) is 22.2. The van der Waals surface area contributed by atoms with Crippen molar-refractivity contribution in [3.05, 3.63) is 47.7 Å². The molecule has 3 fully saturated rings. The molecule has 1 aliphatic carbocycles. The summed E-state index contributed by atoms with van der Waals surface area (Å²) in [6.07, 6.45) is 4.53. The minimum atomic E-state index is -2.31. The van der Waals surface area contributed by atoms with Gasteiger partial charge in [-0.05, 0) is 65.9 Å². The summed E-state index contributed by atoms with van der Waals surface area (Å²) in [4.78, 5) is 29.7. The second-order valence-corrected chi connectivity index (χ2v) is 22.6. The lowest BCUT2D eigenvalue weighted by Gasteiger charge is -2.40. The van der Waals surface area contributed by atoms with Crippen LogP contribution in [0.2, 0.25) is 16.6 Å². The second kappa shape index (κ2) is 16.0. The van der Waals surface area contributed by atoms with E-state index in [1.54, 1.807) is 18.2 Å². The number of aliphatic hydroxyl groups is 1. The fourth-order valence-electron chi connectivity index (χ4n) is 9.68. The van der Waals surface area contributed by atoms with Crippen molar-refractivity contribution in [2.75, 3.05) is 45.1 Å². The zero-order valence-electron chi connectivity index (χ0n) is 33.9. The molecule has 11 nitrogen and oxygen atoms in total. The Kier molecular flexibility index (Phi) is 11.4. The Hall–Kier alpha value is -4.58. The normalized spacial score (nSPS) is 19.0. The first kappa shape index (κ1) is 40.6. The van der Waals surface area contributed by atoms with Gasteiger partial charge in [-0.2, -0.15) is 9.97 Å². The molecule has 57 heavy (non-hydrogen) atoms. The Labute approximate surface area is 333 Å². The monoisotopic (exact) mass is 801 g/mol. The summed E-state index contributed by atoms with van der Waals surface area (Å²) in [5.41, 5.74) is 4.45. The van der Waals surface area contributed by atoms with E-state index < -0.39 is 31.2 Å². The Balaban J connectivity index is 1.43. The molecule has 1 saturated carbocycles. The molecule has 4 heterocycles. The van der Waals surface area contributed by atoms with Crippen LogP contribution in [-0.4, -0.2) is 96.5 Å². The van der Waals surface area contributed by atoms with Gasteiger partial charge >= 0.3 is 12.1 Å². The lowest BCUT2D eigenvalue weighted by atomic mass is 9.70. The number of nitrogens with zero attached hydrogens (tertiary/aromatic N) is 5. The summed E-state index contributed by atoms with van der Waals surface area (Å²) in [6.45, 7) is 13.9. The highest BCUT2D eigenvalue weighted by atomic mass is 28.3. The number of methoxy groups -OCH3 is 1. The van der Waals surface area contributed by atoms with E-state index in [1.807, 2.05) is 4.90 Å². The van der Waals surface area contributed by atoms with E-state index in [0.29, 0.717) is 70.3 Å². The van der Waals surface area contributed by atoms with Gasteiger partial charge in [-0.15, -0.1) is 5.54 Å². The number of piperazine rings is 1. The molecular formula is C43H53F2N5O6Si. The molecule has 7 rings (SSSR count). The van der Waals surface area contributed by atoms with Crippen molar-refractivity contribution in [3.63, 3.8) is 0 Å². The smallest absolute Gasteiger partial charge is 0.407 e. The Morgan fingerprint density at radius 2 is 1.70 bits per heavy atom. The van der Waals surface area contributed by atoms with Crippen LogP contribution in [0.15, 0.2) is 30.5 Å². The standard InChI is InChI=1S/C43H53F2N5O6Si/c1-25(2)57(26(3)4,27(5)6)16-13-32-35(44)12-9-28-17-31(56-24-54-7)18-33(36(28)32)38-37(45)39-34(19-46-38)40(48-41(47-39)55-23-43(22-51)14-8-15-43)49-20-29-10-11-30(21-49)50(29)42(52)53/h9,12,17-19,25-27,29-30,51H,8,10-11,14-15,20-24H2,1-7H3,(H,52,53). The molecule has 1 amide bonds. The third-order valence-electron chi connectivity index (χ3n) is 12.8. The molecule has 2 bridgehead atoms. The van der Waals surface area contributed by atoms with E-state index in [9.17, 15) is 15.0 Å². The van der Waals surface area contributed by atoms with E-state index in [0.717, 1.165) is 19.3 Å². The number of carboxylic acid groups (broad SMARTS) is 1. The van der Waals surface area contributed by atoms with Gasteiger partial charge in [0, 0.05) is 42.8 Å². The van der Waals surface area contributed by atoms with Crippen molar-refractivity contribution < 1.29 is 38.0 Å². The summed E-state index contributed by atoms with van der Waals surface area (Å²) >= 11 is 0. The summed E-state index contributed by atoms with van der Waals surface area (Å²) < 4.78 is 51.0. The molecule has 2 aliphatic heterocycles. The number of rotatable bonds is 12.